The van der Waals surface area contributed by atoms with E-state index in [2.05, 4.69) is 5.32 Å². The Labute approximate surface area is 263 Å². The number of pyridine rings is 1. The van der Waals surface area contributed by atoms with Crippen LogP contribution in [0.15, 0.2) is 79.0 Å². The summed E-state index contributed by atoms with van der Waals surface area (Å²) in [5.41, 5.74) is 5.07. The Morgan fingerprint density at radius 1 is 0.933 bits per heavy atom. The first kappa shape index (κ1) is 30.2. The molecule has 3 atom stereocenters. The number of para-hydroxylation sites is 3. The standard InChI is InChI=1S/C37H38N4O4/c1-5-22(2)35(43)39-34-23(3)41(36(44)27-18-14-25(15-19-27)24(4)42)33-13-9-8-12-32(33)40(37(34)45)21-30-28-10-6-7-11-31(28)38-20-29(30)26-16-17-26/h6-15,18-20,22-23,26,34H,5,16-17,21H2,1-4H3,(H,39,43)/t22-,23+,34+/m1/s1. The Morgan fingerprint density at radius 3 is 2.24 bits per heavy atom. The molecule has 8 nitrogen and oxygen atoms in total. The number of anilines is 2. The number of amides is 3. The van der Waals surface area contributed by atoms with Crippen molar-refractivity contribution in [2.75, 3.05) is 9.80 Å². The van der Waals surface area contributed by atoms with Gasteiger partial charge in [-0.25, -0.2) is 0 Å². The Morgan fingerprint density at radius 2 is 1.58 bits per heavy atom. The van der Waals surface area contributed by atoms with Crippen LogP contribution in [0.5, 0.6) is 0 Å². The van der Waals surface area contributed by atoms with Gasteiger partial charge in [-0.05, 0) is 80.5 Å². The lowest BCUT2D eigenvalue weighted by atomic mass is 9.99. The number of hydrogen-bond acceptors (Lipinski definition) is 5. The number of Topliss-reactive ketones (excluding diaryl/α,β-unsaturated/α-hetero) is 1. The third-order valence-corrected chi connectivity index (χ3v) is 9.22. The van der Waals surface area contributed by atoms with Gasteiger partial charge in [0.1, 0.15) is 6.04 Å². The number of rotatable bonds is 8. The SMILES string of the molecule is CC[C@@H](C)C(=O)N[C@@H]1C(=O)N(Cc2c(C3CC3)cnc3ccccc23)c2ccccc2N(C(=O)c2ccc(C(C)=O)cc2)[C@H]1C. The lowest BCUT2D eigenvalue weighted by Crippen LogP contribution is -2.58. The minimum Gasteiger partial charge on any atom is -0.342 e. The second-order valence-corrected chi connectivity index (χ2v) is 12.2. The van der Waals surface area contributed by atoms with Gasteiger partial charge in [0, 0.05) is 28.6 Å². The van der Waals surface area contributed by atoms with E-state index in [0.717, 1.165) is 34.9 Å². The Bertz CT molecular complexity index is 1800. The van der Waals surface area contributed by atoms with Gasteiger partial charge in [0.05, 0.1) is 29.5 Å². The van der Waals surface area contributed by atoms with Crippen molar-refractivity contribution in [1.82, 2.24) is 10.3 Å². The summed E-state index contributed by atoms with van der Waals surface area (Å²) in [7, 11) is 0. The van der Waals surface area contributed by atoms with Crippen LogP contribution in [0.4, 0.5) is 11.4 Å². The molecule has 1 N–H and O–H groups in total. The molecule has 2 aliphatic rings. The van der Waals surface area contributed by atoms with Crippen molar-refractivity contribution in [2.45, 2.75) is 71.5 Å². The maximum Gasteiger partial charge on any atom is 0.258 e. The number of ketones is 1. The number of carbonyl (C=O) groups is 4. The molecule has 8 heteroatoms. The quantitative estimate of drug-likeness (QED) is 0.235. The van der Waals surface area contributed by atoms with Gasteiger partial charge in [0.15, 0.2) is 5.78 Å². The van der Waals surface area contributed by atoms with Gasteiger partial charge in [-0.2, -0.15) is 0 Å². The minimum atomic E-state index is -1.00. The summed E-state index contributed by atoms with van der Waals surface area (Å²) in [6, 6.07) is 20.2. The molecule has 3 amide bonds. The molecule has 1 fully saturated rings. The largest absolute Gasteiger partial charge is 0.342 e. The number of carbonyl (C=O) groups excluding carboxylic acids is 4. The second kappa shape index (κ2) is 12.3. The van der Waals surface area contributed by atoms with Crippen LogP contribution in [0.25, 0.3) is 10.9 Å². The van der Waals surface area contributed by atoms with Crippen molar-refractivity contribution in [2.24, 2.45) is 5.92 Å². The van der Waals surface area contributed by atoms with Crippen LogP contribution < -0.4 is 15.1 Å². The van der Waals surface area contributed by atoms with E-state index in [1.807, 2.05) is 68.6 Å². The van der Waals surface area contributed by atoms with E-state index in [-0.39, 0.29) is 36.0 Å². The molecule has 0 bridgehead atoms. The van der Waals surface area contributed by atoms with Crippen LogP contribution in [0.1, 0.15) is 84.7 Å². The van der Waals surface area contributed by atoms with Crippen LogP contribution in [0.3, 0.4) is 0 Å². The summed E-state index contributed by atoms with van der Waals surface area (Å²) in [5, 5.41) is 4.01. The van der Waals surface area contributed by atoms with Crippen molar-refractivity contribution in [3.8, 4) is 0 Å². The monoisotopic (exact) mass is 602 g/mol. The molecule has 2 heterocycles. The zero-order chi connectivity index (χ0) is 31.8. The average Bonchev–Trinajstić information content (AvgIpc) is 3.91. The highest BCUT2D eigenvalue weighted by atomic mass is 16.2. The fraction of sp³-hybridized carbons (Fsp3) is 0.324. The second-order valence-electron chi connectivity index (χ2n) is 12.2. The summed E-state index contributed by atoms with van der Waals surface area (Å²) in [6.45, 7) is 7.31. The van der Waals surface area contributed by atoms with Crippen molar-refractivity contribution in [3.63, 3.8) is 0 Å². The van der Waals surface area contributed by atoms with Crippen LogP contribution in [-0.2, 0) is 16.1 Å². The summed E-state index contributed by atoms with van der Waals surface area (Å²) < 4.78 is 0. The zero-order valence-corrected chi connectivity index (χ0v) is 26.1. The van der Waals surface area contributed by atoms with Crippen molar-refractivity contribution in [3.05, 3.63) is 101 Å². The smallest absolute Gasteiger partial charge is 0.258 e. The highest BCUT2D eigenvalue weighted by Crippen LogP contribution is 2.44. The molecular formula is C37H38N4O4. The molecule has 45 heavy (non-hydrogen) atoms. The number of nitrogens with one attached hydrogen (secondary N) is 1. The van der Waals surface area contributed by atoms with Crippen molar-refractivity contribution in [1.29, 1.82) is 0 Å². The maximum absolute atomic E-state index is 14.7. The predicted octanol–water partition coefficient (Wildman–Crippen LogP) is 6.43. The lowest BCUT2D eigenvalue weighted by molar-refractivity contribution is -0.130. The van der Waals surface area contributed by atoms with Gasteiger partial charge < -0.3 is 15.1 Å². The van der Waals surface area contributed by atoms with E-state index < -0.39 is 12.1 Å². The normalized spacial score (nSPS) is 18.7. The predicted molar refractivity (Wildman–Crippen MR) is 175 cm³/mol. The molecule has 1 aromatic heterocycles. The third kappa shape index (κ3) is 5.72. The molecule has 6 rings (SSSR count). The van der Waals surface area contributed by atoms with Crippen molar-refractivity contribution < 1.29 is 19.2 Å². The number of fused-ring (bicyclic) bond motifs is 2. The van der Waals surface area contributed by atoms with Gasteiger partial charge in [-0.3, -0.25) is 24.2 Å². The minimum absolute atomic E-state index is 0.0919. The van der Waals surface area contributed by atoms with Gasteiger partial charge in [0.25, 0.3) is 11.8 Å². The molecule has 0 unspecified atom stereocenters. The van der Waals surface area contributed by atoms with Crippen LogP contribution in [0, 0.1) is 5.92 Å². The molecular weight excluding hydrogens is 564 g/mol. The average molecular weight is 603 g/mol. The number of nitrogens with zero attached hydrogens (tertiary/aromatic N) is 3. The van der Waals surface area contributed by atoms with E-state index in [1.54, 1.807) is 41.0 Å². The number of hydrogen-bond donors (Lipinski definition) is 1. The van der Waals surface area contributed by atoms with E-state index in [0.29, 0.717) is 34.8 Å². The van der Waals surface area contributed by atoms with Gasteiger partial charge in [0.2, 0.25) is 5.91 Å². The lowest BCUT2D eigenvalue weighted by Gasteiger charge is -2.32. The fourth-order valence-electron chi connectivity index (χ4n) is 6.16. The van der Waals surface area contributed by atoms with E-state index >= 15 is 0 Å². The summed E-state index contributed by atoms with van der Waals surface area (Å²) in [6.07, 6.45) is 4.71. The van der Waals surface area contributed by atoms with Gasteiger partial charge in [-0.15, -0.1) is 0 Å². The zero-order valence-electron chi connectivity index (χ0n) is 26.1. The first-order chi connectivity index (χ1) is 21.7. The number of aromatic nitrogens is 1. The summed E-state index contributed by atoms with van der Waals surface area (Å²) in [5.74, 6) is -0.846. The van der Waals surface area contributed by atoms with Crippen LogP contribution >= 0.6 is 0 Å². The van der Waals surface area contributed by atoms with Crippen LogP contribution in [0.2, 0.25) is 0 Å². The maximum atomic E-state index is 14.7. The first-order valence-electron chi connectivity index (χ1n) is 15.7. The van der Waals surface area contributed by atoms with E-state index in [1.165, 1.54) is 6.92 Å². The topological polar surface area (TPSA) is 99.7 Å². The fourth-order valence-corrected chi connectivity index (χ4v) is 6.16. The van der Waals surface area contributed by atoms with Gasteiger partial charge in [-0.1, -0.05) is 56.3 Å². The van der Waals surface area contributed by atoms with E-state index in [9.17, 15) is 19.2 Å². The molecule has 0 saturated heterocycles. The molecule has 1 aliphatic carbocycles. The highest BCUT2D eigenvalue weighted by Gasteiger charge is 2.43. The highest BCUT2D eigenvalue weighted by molar-refractivity contribution is 6.13. The Hall–Kier alpha value is -4.85. The molecule has 4 aromatic rings. The summed E-state index contributed by atoms with van der Waals surface area (Å²) in [4.78, 5) is 62.4. The summed E-state index contributed by atoms with van der Waals surface area (Å²) >= 11 is 0. The van der Waals surface area contributed by atoms with E-state index in [4.69, 9.17) is 4.98 Å². The molecule has 1 saturated carbocycles. The molecule has 1 aliphatic heterocycles. The number of benzene rings is 3. The first-order valence-corrected chi connectivity index (χ1v) is 15.7. The Kier molecular flexibility index (Phi) is 8.23. The molecule has 0 spiro atoms. The van der Waals surface area contributed by atoms with Gasteiger partial charge >= 0.3 is 0 Å². The van der Waals surface area contributed by atoms with Crippen LogP contribution in [-0.4, -0.2) is 40.6 Å². The Balaban J connectivity index is 1.50. The third-order valence-electron chi connectivity index (χ3n) is 9.22. The van der Waals surface area contributed by atoms with Crippen molar-refractivity contribution >= 4 is 45.8 Å². The molecule has 0 radical (unpaired) electrons. The molecule has 230 valence electrons. The molecule has 3 aromatic carbocycles.